The largest absolute Gasteiger partial charge is 0.497 e. The summed E-state index contributed by atoms with van der Waals surface area (Å²) < 4.78 is 5.24. The Morgan fingerprint density at radius 2 is 2.22 bits per heavy atom. The predicted molar refractivity (Wildman–Crippen MR) is 87.0 cm³/mol. The second-order valence-electron chi connectivity index (χ2n) is 5.58. The van der Waals surface area contributed by atoms with Crippen LogP contribution in [0.1, 0.15) is 12.8 Å². The van der Waals surface area contributed by atoms with Gasteiger partial charge in [0.25, 0.3) is 0 Å². The maximum Gasteiger partial charge on any atom is 0.314 e. The molecule has 0 aromatic heterocycles. The van der Waals surface area contributed by atoms with Crippen molar-refractivity contribution in [2.24, 2.45) is 5.92 Å². The monoisotopic (exact) mass is 321 g/mol. The highest BCUT2D eigenvalue weighted by molar-refractivity contribution is 5.75. The van der Waals surface area contributed by atoms with Crippen LogP contribution in [-0.4, -0.2) is 50.4 Å². The number of anilines is 1. The molecule has 1 aromatic carbocycles. The molecule has 7 nitrogen and oxygen atoms in total. The average Bonchev–Trinajstić information content (AvgIpc) is 3.01. The summed E-state index contributed by atoms with van der Waals surface area (Å²) >= 11 is 0. The molecule has 0 bridgehead atoms. The Morgan fingerprint density at radius 3 is 2.96 bits per heavy atom. The molecule has 7 heteroatoms. The summed E-state index contributed by atoms with van der Waals surface area (Å²) in [6.45, 7) is 2.55. The van der Waals surface area contributed by atoms with Crippen LogP contribution in [0.5, 0.6) is 5.75 Å². The van der Waals surface area contributed by atoms with Crippen LogP contribution in [-0.2, 0) is 4.79 Å². The van der Waals surface area contributed by atoms with Crippen LogP contribution in [0.2, 0.25) is 0 Å². The molecule has 2 rings (SSSR count). The number of nitrogens with one attached hydrogen (secondary N) is 2. The minimum Gasteiger partial charge on any atom is -0.497 e. The number of urea groups is 1. The first kappa shape index (κ1) is 16.9. The van der Waals surface area contributed by atoms with E-state index in [9.17, 15) is 9.59 Å². The lowest BCUT2D eigenvalue weighted by Gasteiger charge is -2.19. The second kappa shape index (κ2) is 8.26. The Balaban J connectivity index is 1.72. The molecule has 0 spiro atoms. The Labute approximate surface area is 135 Å². The molecule has 1 unspecified atom stereocenters. The molecular formula is C16H23N3O4. The van der Waals surface area contributed by atoms with Crippen LogP contribution in [0, 0.1) is 5.92 Å². The number of carbonyl (C=O) groups is 2. The van der Waals surface area contributed by atoms with Crippen molar-refractivity contribution >= 4 is 17.7 Å². The SMILES string of the molecule is COc1cccc(N2CCC(CNC(=O)NCCC(=O)O)C2)c1. The molecule has 23 heavy (non-hydrogen) atoms. The van der Waals surface area contributed by atoms with E-state index in [0.29, 0.717) is 12.5 Å². The first-order valence-corrected chi connectivity index (χ1v) is 7.71. The van der Waals surface area contributed by atoms with Crippen molar-refractivity contribution < 1.29 is 19.4 Å². The molecule has 1 heterocycles. The molecule has 1 saturated heterocycles. The normalized spacial score (nSPS) is 16.9. The molecule has 3 N–H and O–H groups in total. The fourth-order valence-corrected chi connectivity index (χ4v) is 2.62. The number of aliphatic carboxylic acids is 1. The van der Waals surface area contributed by atoms with E-state index in [-0.39, 0.29) is 19.0 Å². The Hall–Kier alpha value is -2.44. The second-order valence-corrected chi connectivity index (χ2v) is 5.58. The molecule has 0 saturated carbocycles. The molecule has 2 amide bonds. The topological polar surface area (TPSA) is 90.9 Å². The van der Waals surface area contributed by atoms with Crippen LogP contribution in [0.25, 0.3) is 0 Å². The summed E-state index contributed by atoms with van der Waals surface area (Å²) in [6, 6.07) is 7.63. The van der Waals surface area contributed by atoms with E-state index < -0.39 is 5.97 Å². The Bertz CT molecular complexity index is 550. The number of benzene rings is 1. The smallest absolute Gasteiger partial charge is 0.314 e. The van der Waals surface area contributed by atoms with E-state index >= 15 is 0 Å². The van der Waals surface area contributed by atoms with Crippen molar-refractivity contribution in [3.05, 3.63) is 24.3 Å². The summed E-state index contributed by atoms with van der Waals surface area (Å²) in [7, 11) is 1.65. The van der Waals surface area contributed by atoms with Gasteiger partial charge in [-0.25, -0.2) is 4.79 Å². The van der Waals surface area contributed by atoms with Gasteiger partial charge in [-0.2, -0.15) is 0 Å². The molecule has 1 aliphatic heterocycles. The van der Waals surface area contributed by atoms with Gasteiger partial charge in [0.2, 0.25) is 0 Å². The van der Waals surface area contributed by atoms with Crippen molar-refractivity contribution in [2.45, 2.75) is 12.8 Å². The van der Waals surface area contributed by atoms with Crippen molar-refractivity contribution in [1.82, 2.24) is 10.6 Å². The first-order valence-electron chi connectivity index (χ1n) is 7.71. The molecule has 1 fully saturated rings. The van der Waals surface area contributed by atoms with Crippen LogP contribution >= 0.6 is 0 Å². The molecule has 126 valence electrons. The quantitative estimate of drug-likeness (QED) is 0.704. The van der Waals surface area contributed by atoms with Crippen LogP contribution in [0.15, 0.2) is 24.3 Å². The molecule has 1 atom stereocenters. The fourth-order valence-electron chi connectivity index (χ4n) is 2.62. The standard InChI is InChI=1S/C16H23N3O4/c1-23-14-4-2-3-13(9-14)19-8-6-12(11-19)10-18-16(22)17-7-5-15(20)21/h2-4,9,12H,5-8,10-11H2,1H3,(H,20,21)(H2,17,18,22). The number of carbonyl (C=O) groups excluding carboxylic acids is 1. The molecule has 0 aliphatic carbocycles. The van der Waals surface area contributed by atoms with Gasteiger partial charge in [0.05, 0.1) is 13.5 Å². The summed E-state index contributed by atoms with van der Waals surface area (Å²) in [6.07, 6.45) is 0.938. The predicted octanol–water partition coefficient (Wildman–Crippen LogP) is 1.30. The van der Waals surface area contributed by atoms with Crippen molar-refractivity contribution in [3.8, 4) is 5.75 Å². The van der Waals surface area contributed by atoms with Crippen molar-refractivity contribution in [2.75, 3.05) is 38.2 Å². The third-order valence-electron chi connectivity index (χ3n) is 3.88. The average molecular weight is 321 g/mol. The minimum absolute atomic E-state index is 0.0690. The highest BCUT2D eigenvalue weighted by atomic mass is 16.5. The van der Waals surface area contributed by atoms with Gasteiger partial charge in [-0.1, -0.05) is 6.07 Å². The van der Waals surface area contributed by atoms with E-state index in [1.807, 2.05) is 18.2 Å². The Kier molecular flexibility index (Phi) is 6.08. The van der Waals surface area contributed by atoms with Gasteiger partial charge in [-0.3, -0.25) is 4.79 Å². The van der Waals surface area contributed by atoms with E-state index in [0.717, 1.165) is 30.9 Å². The first-order chi connectivity index (χ1) is 11.1. The van der Waals surface area contributed by atoms with Gasteiger partial charge in [-0.15, -0.1) is 0 Å². The zero-order chi connectivity index (χ0) is 16.7. The number of ether oxygens (including phenoxy) is 1. The zero-order valence-electron chi connectivity index (χ0n) is 13.2. The number of carboxylic acid groups (broad SMARTS) is 1. The number of amides is 2. The molecule has 1 aromatic rings. The van der Waals surface area contributed by atoms with Crippen LogP contribution in [0.4, 0.5) is 10.5 Å². The fraction of sp³-hybridized carbons (Fsp3) is 0.500. The lowest BCUT2D eigenvalue weighted by atomic mass is 10.1. The summed E-state index contributed by atoms with van der Waals surface area (Å²) in [5.41, 5.74) is 1.12. The summed E-state index contributed by atoms with van der Waals surface area (Å²) in [5.74, 6) is 0.295. The number of rotatable bonds is 7. The van der Waals surface area contributed by atoms with Crippen molar-refractivity contribution in [1.29, 1.82) is 0 Å². The van der Waals surface area contributed by atoms with Gasteiger partial charge in [-0.05, 0) is 24.5 Å². The van der Waals surface area contributed by atoms with Gasteiger partial charge in [0.1, 0.15) is 5.75 Å². The number of carboxylic acids is 1. The maximum absolute atomic E-state index is 11.6. The third-order valence-corrected chi connectivity index (χ3v) is 3.88. The maximum atomic E-state index is 11.6. The van der Waals surface area contributed by atoms with E-state index in [1.54, 1.807) is 7.11 Å². The van der Waals surface area contributed by atoms with Gasteiger partial charge in [0, 0.05) is 37.9 Å². The number of methoxy groups -OCH3 is 1. The van der Waals surface area contributed by atoms with E-state index in [1.165, 1.54) is 0 Å². The molecular weight excluding hydrogens is 298 g/mol. The van der Waals surface area contributed by atoms with Crippen LogP contribution < -0.4 is 20.3 Å². The van der Waals surface area contributed by atoms with E-state index in [2.05, 4.69) is 21.6 Å². The van der Waals surface area contributed by atoms with Gasteiger partial charge < -0.3 is 25.4 Å². The lowest BCUT2D eigenvalue weighted by Crippen LogP contribution is -2.39. The summed E-state index contributed by atoms with van der Waals surface area (Å²) in [4.78, 5) is 24.2. The number of nitrogens with zero attached hydrogens (tertiary/aromatic N) is 1. The minimum atomic E-state index is -0.921. The van der Waals surface area contributed by atoms with Crippen molar-refractivity contribution in [3.63, 3.8) is 0 Å². The molecule has 0 radical (unpaired) electrons. The number of hydrogen-bond acceptors (Lipinski definition) is 4. The number of hydrogen-bond donors (Lipinski definition) is 3. The Morgan fingerprint density at radius 1 is 1.39 bits per heavy atom. The highest BCUT2D eigenvalue weighted by Gasteiger charge is 2.23. The summed E-state index contributed by atoms with van der Waals surface area (Å²) in [5, 5.41) is 13.9. The van der Waals surface area contributed by atoms with Gasteiger partial charge >= 0.3 is 12.0 Å². The zero-order valence-corrected chi connectivity index (χ0v) is 13.2. The molecule has 1 aliphatic rings. The van der Waals surface area contributed by atoms with Gasteiger partial charge in [0.15, 0.2) is 0 Å². The highest BCUT2D eigenvalue weighted by Crippen LogP contribution is 2.26. The third kappa shape index (κ3) is 5.36. The van der Waals surface area contributed by atoms with E-state index in [4.69, 9.17) is 9.84 Å². The lowest BCUT2D eigenvalue weighted by molar-refractivity contribution is -0.136. The van der Waals surface area contributed by atoms with Crippen LogP contribution in [0.3, 0.4) is 0 Å².